The SMILES string of the molecule is CNC1CCCN(S(=O)(=O)c2cn(C)cn2)C1. The topological polar surface area (TPSA) is 67.2 Å². The summed E-state index contributed by atoms with van der Waals surface area (Å²) in [5.41, 5.74) is 0. The molecular formula is C10H18N4O2S. The van der Waals surface area contributed by atoms with Crippen molar-refractivity contribution in [2.75, 3.05) is 20.1 Å². The largest absolute Gasteiger partial charge is 0.339 e. The Bertz CT molecular complexity index is 482. The first-order valence-corrected chi connectivity index (χ1v) is 7.13. The van der Waals surface area contributed by atoms with Crippen molar-refractivity contribution in [3.8, 4) is 0 Å². The minimum Gasteiger partial charge on any atom is -0.339 e. The zero-order chi connectivity index (χ0) is 12.5. The van der Waals surface area contributed by atoms with Crippen LogP contribution >= 0.6 is 0 Å². The van der Waals surface area contributed by atoms with Gasteiger partial charge in [-0.25, -0.2) is 13.4 Å². The molecule has 1 fully saturated rings. The van der Waals surface area contributed by atoms with E-state index in [0.717, 1.165) is 12.8 Å². The van der Waals surface area contributed by atoms with Gasteiger partial charge in [-0.15, -0.1) is 0 Å². The van der Waals surface area contributed by atoms with Gasteiger partial charge in [0.15, 0.2) is 5.03 Å². The minimum atomic E-state index is -3.42. The predicted octanol–water partition coefficient (Wildman–Crippen LogP) is -0.207. The summed E-state index contributed by atoms with van der Waals surface area (Å²) >= 11 is 0. The smallest absolute Gasteiger partial charge is 0.262 e. The number of nitrogens with one attached hydrogen (secondary N) is 1. The monoisotopic (exact) mass is 258 g/mol. The molecule has 1 aromatic heterocycles. The van der Waals surface area contributed by atoms with E-state index in [4.69, 9.17) is 0 Å². The van der Waals surface area contributed by atoms with E-state index in [-0.39, 0.29) is 11.1 Å². The van der Waals surface area contributed by atoms with E-state index < -0.39 is 10.0 Å². The van der Waals surface area contributed by atoms with Crippen molar-refractivity contribution in [1.29, 1.82) is 0 Å². The summed E-state index contributed by atoms with van der Waals surface area (Å²) in [5.74, 6) is 0. The molecule has 2 heterocycles. The van der Waals surface area contributed by atoms with Crippen molar-refractivity contribution in [2.24, 2.45) is 7.05 Å². The van der Waals surface area contributed by atoms with Crippen LogP contribution in [-0.4, -0.2) is 48.5 Å². The summed E-state index contributed by atoms with van der Waals surface area (Å²) in [4.78, 5) is 3.93. The summed E-state index contributed by atoms with van der Waals surface area (Å²) in [7, 11) is 0.202. The zero-order valence-electron chi connectivity index (χ0n) is 10.1. The van der Waals surface area contributed by atoms with Gasteiger partial charge in [0, 0.05) is 32.4 Å². The number of aryl methyl sites for hydroxylation is 1. The second kappa shape index (κ2) is 4.75. The number of aromatic nitrogens is 2. The Labute approximate surface area is 102 Å². The van der Waals surface area contributed by atoms with E-state index in [9.17, 15) is 8.42 Å². The summed E-state index contributed by atoms with van der Waals surface area (Å²) < 4.78 is 27.7. The molecule has 1 saturated heterocycles. The lowest BCUT2D eigenvalue weighted by atomic mass is 10.1. The first kappa shape index (κ1) is 12.5. The van der Waals surface area contributed by atoms with Crippen molar-refractivity contribution in [1.82, 2.24) is 19.2 Å². The standard InChI is InChI=1S/C10H18N4O2S/c1-11-9-4-3-5-14(6-9)17(15,16)10-7-13(2)8-12-10/h7-9,11H,3-6H2,1-2H3. The molecule has 6 nitrogen and oxygen atoms in total. The fraction of sp³-hybridized carbons (Fsp3) is 0.700. The molecule has 0 spiro atoms. The third-order valence-corrected chi connectivity index (χ3v) is 4.83. The van der Waals surface area contributed by atoms with Gasteiger partial charge in [-0.2, -0.15) is 4.31 Å². The Kier molecular flexibility index (Phi) is 3.50. The van der Waals surface area contributed by atoms with Gasteiger partial charge >= 0.3 is 0 Å². The molecule has 0 amide bonds. The molecule has 96 valence electrons. The van der Waals surface area contributed by atoms with Gasteiger partial charge in [0.1, 0.15) is 0 Å². The Morgan fingerprint density at radius 1 is 1.53 bits per heavy atom. The lowest BCUT2D eigenvalue weighted by molar-refractivity contribution is 0.292. The molecule has 2 rings (SSSR count). The van der Waals surface area contributed by atoms with Crippen molar-refractivity contribution >= 4 is 10.0 Å². The van der Waals surface area contributed by atoms with Crippen molar-refractivity contribution in [3.63, 3.8) is 0 Å². The number of likely N-dealkylation sites (N-methyl/N-ethyl adjacent to an activating group) is 1. The number of rotatable bonds is 3. The highest BCUT2D eigenvalue weighted by Crippen LogP contribution is 2.18. The number of sulfonamides is 1. The first-order valence-electron chi connectivity index (χ1n) is 5.69. The van der Waals surface area contributed by atoms with Crippen LogP contribution in [0.3, 0.4) is 0 Å². The Hall–Kier alpha value is -0.920. The van der Waals surface area contributed by atoms with E-state index in [1.165, 1.54) is 10.6 Å². The van der Waals surface area contributed by atoms with Crippen LogP contribution in [0.4, 0.5) is 0 Å². The summed E-state index contributed by atoms with van der Waals surface area (Å²) in [5, 5.41) is 3.27. The van der Waals surface area contributed by atoms with Crippen LogP contribution < -0.4 is 5.32 Å². The molecule has 0 radical (unpaired) electrons. The molecule has 1 N–H and O–H groups in total. The average molecular weight is 258 g/mol. The molecule has 1 aliphatic rings. The van der Waals surface area contributed by atoms with Gasteiger partial charge in [0.05, 0.1) is 6.33 Å². The Morgan fingerprint density at radius 3 is 2.88 bits per heavy atom. The quantitative estimate of drug-likeness (QED) is 0.815. The molecule has 0 saturated carbocycles. The number of hydrogen-bond acceptors (Lipinski definition) is 4. The maximum atomic E-state index is 12.3. The maximum absolute atomic E-state index is 12.3. The van der Waals surface area contributed by atoms with Gasteiger partial charge in [0.2, 0.25) is 0 Å². The average Bonchev–Trinajstić information content (AvgIpc) is 2.76. The second-order valence-corrected chi connectivity index (χ2v) is 6.25. The second-order valence-electron chi connectivity index (χ2n) is 4.37. The number of hydrogen-bond donors (Lipinski definition) is 1. The number of piperidine rings is 1. The summed E-state index contributed by atoms with van der Waals surface area (Å²) in [6.45, 7) is 1.10. The third kappa shape index (κ3) is 2.51. The fourth-order valence-corrected chi connectivity index (χ4v) is 3.54. The van der Waals surface area contributed by atoms with Gasteiger partial charge in [0.25, 0.3) is 10.0 Å². The third-order valence-electron chi connectivity index (χ3n) is 3.08. The first-order chi connectivity index (χ1) is 8.04. The molecule has 1 aliphatic heterocycles. The maximum Gasteiger partial charge on any atom is 0.262 e. The van der Waals surface area contributed by atoms with Gasteiger partial charge < -0.3 is 9.88 Å². The molecule has 0 aromatic carbocycles. The van der Waals surface area contributed by atoms with Crippen LogP contribution in [0.1, 0.15) is 12.8 Å². The van der Waals surface area contributed by atoms with E-state index >= 15 is 0 Å². The molecule has 17 heavy (non-hydrogen) atoms. The summed E-state index contributed by atoms with van der Waals surface area (Å²) in [6, 6.07) is 0.238. The number of imidazole rings is 1. The normalized spacial score (nSPS) is 22.8. The van der Waals surface area contributed by atoms with Gasteiger partial charge in [-0.05, 0) is 19.9 Å². The van der Waals surface area contributed by atoms with Crippen molar-refractivity contribution in [2.45, 2.75) is 23.9 Å². The highest BCUT2D eigenvalue weighted by Gasteiger charge is 2.30. The molecule has 1 unspecified atom stereocenters. The van der Waals surface area contributed by atoms with E-state index in [1.807, 2.05) is 7.05 Å². The Balaban J connectivity index is 2.21. The minimum absolute atomic E-state index is 0.136. The highest BCUT2D eigenvalue weighted by atomic mass is 32.2. The van der Waals surface area contributed by atoms with Crippen LogP contribution in [0, 0.1) is 0 Å². The van der Waals surface area contributed by atoms with Crippen LogP contribution in [0.15, 0.2) is 17.6 Å². The van der Waals surface area contributed by atoms with Crippen LogP contribution in [0.25, 0.3) is 0 Å². The lowest BCUT2D eigenvalue weighted by Gasteiger charge is -2.31. The Morgan fingerprint density at radius 2 is 2.29 bits per heavy atom. The fourth-order valence-electron chi connectivity index (χ4n) is 2.05. The van der Waals surface area contributed by atoms with Crippen molar-refractivity contribution < 1.29 is 8.42 Å². The molecule has 7 heteroatoms. The van der Waals surface area contributed by atoms with Crippen LogP contribution in [0.5, 0.6) is 0 Å². The van der Waals surface area contributed by atoms with E-state index in [0.29, 0.717) is 13.1 Å². The molecular weight excluding hydrogens is 240 g/mol. The molecule has 0 aliphatic carbocycles. The van der Waals surface area contributed by atoms with Crippen molar-refractivity contribution in [3.05, 3.63) is 12.5 Å². The molecule has 1 atom stereocenters. The van der Waals surface area contributed by atoms with E-state index in [1.54, 1.807) is 17.8 Å². The lowest BCUT2D eigenvalue weighted by Crippen LogP contribution is -2.46. The van der Waals surface area contributed by atoms with Crippen LogP contribution in [-0.2, 0) is 17.1 Å². The van der Waals surface area contributed by atoms with Gasteiger partial charge in [-0.1, -0.05) is 0 Å². The number of nitrogens with zero attached hydrogens (tertiary/aromatic N) is 3. The van der Waals surface area contributed by atoms with E-state index in [2.05, 4.69) is 10.3 Å². The molecule has 0 bridgehead atoms. The zero-order valence-corrected chi connectivity index (χ0v) is 10.9. The highest BCUT2D eigenvalue weighted by molar-refractivity contribution is 7.89. The summed E-state index contributed by atoms with van der Waals surface area (Å²) in [6.07, 6.45) is 4.95. The predicted molar refractivity (Wildman–Crippen MR) is 64.0 cm³/mol. The van der Waals surface area contributed by atoms with Crippen LogP contribution in [0.2, 0.25) is 0 Å². The molecule has 1 aromatic rings. The van der Waals surface area contributed by atoms with Gasteiger partial charge in [-0.3, -0.25) is 0 Å².